The third kappa shape index (κ3) is 5.02. The zero-order chi connectivity index (χ0) is 22.5. The van der Waals surface area contributed by atoms with Gasteiger partial charge in [-0.25, -0.2) is 4.79 Å². The van der Waals surface area contributed by atoms with Crippen molar-refractivity contribution < 1.29 is 9.53 Å². The summed E-state index contributed by atoms with van der Waals surface area (Å²) in [6, 6.07) is 38.9. The van der Waals surface area contributed by atoms with Gasteiger partial charge in [-0.3, -0.25) is 0 Å². The normalized spacial score (nSPS) is 10.5. The van der Waals surface area contributed by atoms with Gasteiger partial charge in [0.1, 0.15) is 5.75 Å². The minimum Gasteiger partial charge on any atom is -0.423 e. The number of ether oxygens (including phenoxy) is 1. The first-order valence-electron chi connectivity index (χ1n) is 10.7. The molecule has 0 saturated heterocycles. The van der Waals surface area contributed by atoms with E-state index in [0.717, 1.165) is 33.5 Å². The standard InChI is InChI=1S/C29H22N2O2/c32-29(23-14-13-21-7-4-5-8-22(21)19-23)33-28-12-6-11-27(20-28)31-26-17-15-25(16-18-26)30-24-9-2-1-3-10-24/h1-20,30-31H. The largest absolute Gasteiger partial charge is 0.423 e. The molecule has 0 unspecified atom stereocenters. The average Bonchev–Trinajstić information content (AvgIpc) is 2.86. The van der Waals surface area contributed by atoms with E-state index in [1.54, 1.807) is 12.1 Å². The zero-order valence-electron chi connectivity index (χ0n) is 17.9. The van der Waals surface area contributed by atoms with Crippen molar-refractivity contribution in [1.82, 2.24) is 0 Å². The third-order valence-electron chi connectivity index (χ3n) is 5.27. The smallest absolute Gasteiger partial charge is 0.343 e. The molecule has 0 aliphatic carbocycles. The van der Waals surface area contributed by atoms with Gasteiger partial charge in [0.25, 0.3) is 0 Å². The van der Waals surface area contributed by atoms with E-state index >= 15 is 0 Å². The second-order valence-electron chi connectivity index (χ2n) is 7.67. The molecule has 0 saturated carbocycles. The first kappa shape index (κ1) is 20.3. The molecule has 0 aromatic heterocycles. The summed E-state index contributed by atoms with van der Waals surface area (Å²) in [5.74, 6) is 0.106. The van der Waals surface area contributed by atoms with Crippen LogP contribution in [0.2, 0.25) is 0 Å². The van der Waals surface area contributed by atoms with E-state index in [1.807, 2.05) is 109 Å². The highest BCUT2D eigenvalue weighted by molar-refractivity contribution is 5.96. The molecule has 0 radical (unpaired) electrons. The van der Waals surface area contributed by atoms with Crippen LogP contribution in [0, 0.1) is 0 Å². The monoisotopic (exact) mass is 430 g/mol. The average molecular weight is 431 g/mol. The van der Waals surface area contributed by atoms with Crippen LogP contribution < -0.4 is 15.4 Å². The second kappa shape index (κ2) is 9.28. The number of fused-ring (bicyclic) bond motifs is 1. The van der Waals surface area contributed by atoms with Crippen molar-refractivity contribution in [2.75, 3.05) is 10.6 Å². The number of carbonyl (C=O) groups is 1. The van der Waals surface area contributed by atoms with Gasteiger partial charge in [0, 0.05) is 28.8 Å². The number of hydrogen-bond donors (Lipinski definition) is 2. The Bertz CT molecular complexity index is 1400. The van der Waals surface area contributed by atoms with Gasteiger partial charge in [0.05, 0.1) is 5.56 Å². The summed E-state index contributed by atoms with van der Waals surface area (Å²) in [6.07, 6.45) is 0. The Balaban J connectivity index is 1.25. The highest BCUT2D eigenvalue weighted by Crippen LogP contribution is 2.25. The molecule has 5 aromatic rings. The number of para-hydroxylation sites is 1. The van der Waals surface area contributed by atoms with Crippen LogP contribution >= 0.6 is 0 Å². The lowest BCUT2D eigenvalue weighted by Crippen LogP contribution is -2.08. The van der Waals surface area contributed by atoms with Gasteiger partial charge in [-0.05, 0) is 71.4 Å². The minimum atomic E-state index is -0.380. The van der Waals surface area contributed by atoms with Crippen molar-refractivity contribution >= 4 is 39.5 Å². The molecular weight excluding hydrogens is 408 g/mol. The predicted octanol–water partition coefficient (Wildman–Crippen LogP) is 7.55. The van der Waals surface area contributed by atoms with Gasteiger partial charge in [0.2, 0.25) is 0 Å². The first-order chi connectivity index (χ1) is 16.2. The molecule has 5 rings (SSSR count). The predicted molar refractivity (Wildman–Crippen MR) is 135 cm³/mol. The Hall–Kier alpha value is -4.57. The molecule has 0 bridgehead atoms. The van der Waals surface area contributed by atoms with Gasteiger partial charge >= 0.3 is 5.97 Å². The van der Waals surface area contributed by atoms with Crippen molar-refractivity contribution in [3.63, 3.8) is 0 Å². The van der Waals surface area contributed by atoms with E-state index in [0.29, 0.717) is 11.3 Å². The Labute approximate surface area is 192 Å². The van der Waals surface area contributed by atoms with E-state index in [9.17, 15) is 4.79 Å². The van der Waals surface area contributed by atoms with Crippen LogP contribution in [-0.4, -0.2) is 5.97 Å². The molecular formula is C29H22N2O2. The fourth-order valence-electron chi connectivity index (χ4n) is 3.61. The second-order valence-corrected chi connectivity index (χ2v) is 7.67. The quantitative estimate of drug-likeness (QED) is 0.216. The third-order valence-corrected chi connectivity index (χ3v) is 5.27. The van der Waals surface area contributed by atoms with Gasteiger partial charge in [-0.15, -0.1) is 0 Å². The fourth-order valence-corrected chi connectivity index (χ4v) is 3.61. The molecule has 33 heavy (non-hydrogen) atoms. The van der Waals surface area contributed by atoms with Crippen LogP contribution in [0.15, 0.2) is 121 Å². The summed E-state index contributed by atoms with van der Waals surface area (Å²) in [5.41, 5.74) is 4.34. The lowest BCUT2D eigenvalue weighted by atomic mass is 10.1. The summed E-state index contributed by atoms with van der Waals surface area (Å²) < 4.78 is 5.62. The number of hydrogen-bond acceptors (Lipinski definition) is 4. The van der Waals surface area contributed by atoms with Crippen LogP contribution in [0.1, 0.15) is 10.4 Å². The van der Waals surface area contributed by atoms with Crippen LogP contribution in [-0.2, 0) is 0 Å². The van der Waals surface area contributed by atoms with Crippen LogP contribution in [0.5, 0.6) is 5.75 Å². The first-order valence-corrected chi connectivity index (χ1v) is 10.7. The number of esters is 1. The Kier molecular flexibility index (Phi) is 5.72. The molecule has 0 fully saturated rings. The van der Waals surface area contributed by atoms with Crippen LogP contribution in [0.3, 0.4) is 0 Å². The van der Waals surface area contributed by atoms with E-state index in [1.165, 1.54) is 0 Å². The van der Waals surface area contributed by atoms with Gasteiger partial charge in [-0.2, -0.15) is 0 Å². The van der Waals surface area contributed by atoms with Crippen molar-refractivity contribution in [2.24, 2.45) is 0 Å². The molecule has 0 spiro atoms. The molecule has 0 amide bonds. The van der Waals surface area contributed by atoms with Crippen LogP contribution in [0.25, 0.3) is 10.8 Å². The molecule has 4 nitrogen and oxygen atoms in total. The number of benzene rings is 5. The maximum atomic E-state index is 12.7. The van der Waals surface area contributed by atoms with Gasteiger partial charge < -0.3 is 15.4 Å². The SMILES string of the molecule is O=C(Oc1cccc(Nc2ccc(Nc3ccccc3)cc2)c1)c1ccc2ccccc2c1. The number of rotatable bonds is 6. The lowest BCUT2D eigenvalue weighted by Gasteiger charge is -2.11. The van der Waals surface area contributed by atoms with Gasteiger partial charge in [-0.1, -0.05) is 54.6 Å². The number of nitrogens with one attached hydrogen (secondary N) is 2. The summed E-state index contributed by atoms with van der Waals surface area (Å²) in [6.45, 7) is 0. The molecule has 0 aliphatic heterocycles. The fraction of sp³-hybridized carbons (Fsp3) is 0. The Morgan fingerprint density at radius 1 is 0.515 bits per heavy atom. The van der Waals surface area contributed by atoms with Gasteiger partial charge in [0.15, 0.2) is 0 Å². The Morgan fingerprint density at radius 3 is 1.88 bits per heavy atom. The number of anilines is 4. The molecule has 2 N–H and O–H groups in total. The maximum absolute atomic E-state index is 12.7. The maximum Gasteiger partial charge on any atom is 0.343 e. The summed E-state index contributed by atoms with van der Waals surface area (Å²) in [5, 5.41) is 8.82. The van der Waals surface area contributed by atoms with Crippen LogP contribution in [0.4, 0.5) is 22.7 Å². The molecule has 160 valence electrons. The summed E-state index contributed by atoms with van der Waals surface area (Å²) in [4.78, 5) is 12.7. The topological polar surface area (TPSA) is 50.4 Å². The van der Waals surface area contributed by atoms with E-state index in [4.69, 9.17) is 4.74 Å². The highest BCUT2D eigenvalue weighted by Gasteiger charge is 2.10. The molecule has 0 atom stereocenters. The van der Waals surface area contributed by atoms with E-state index < -0.39 is 0 Å². The minimum absolute atomic E-state index is 0.380. The van der Waals surface area contributed by atoms with Crippen molar-refractivity contribution in [3.8, 4) is 5.75 Å². The van der Waals surface area contributed by atoms with Crippen molar-refractivity contribution in [1.29, 1.82) is 0 Å². The Morgan fingerprint density at radius 2 is 1.12 bits per heavy atom. The highest BCUT2D eigenvalue weighted by atomic mass is 16.5. The molecule has 4 heteroatoms. The summed E-state index contributed by atoms with van der Waals surface area (Å²) >= 11 is 0. The molecule has 0 aliphatic rings. The molecule has 5 aromatic carbocycles. The van der Waals surface area contributed by atoms with Crippen molar-refractivity contribution in [3.05, 3.63) is 127 Å². The van der Waals surface area contributed by atoms with Crippen molar-refractivity contribution in [2.45, 2.75) is 0 Å². The summed E-state index contributed by atoms with van der Waals surface area (Å²) in [7, 11) is 0. The van der Waals surface area contributed by atoms with E-state index in [2.05, 4.69) is 10.6 Å². The van der Waals surface area contributed by atoms with E-state index in [-0.39, 0.29) is 5.97 Å². The lowest BCUT2D eigenvalue weighted by molar-refractivity contribution is 0.0735. The molecule has 0 heterocycles. The number of carbonyl (C=O) groups excluding carboxylic acids is 1. The zero-order valence-corrected chi connectivity index (χ0v) is 17.9.